The summed E-state index contributed by atoms with van der Waals surface area (Å²) in [6.07, 6.45) is 37.4. The van der Waals surface area contributed by atoms with Crippen LogP contribution in [0.4, 0.5) is 0 Å². The summed E-state index contributed by atoms with van der Waals surface area (Å²) in [7, 11) is 0. The van der Waals surface area contributed by atoms with E-state index in [2.05, 4.69) is 33.9 Å². The van der Waals surface area contributed by atoms with Crippen molar-refractivity contribution in [3.63, 3.8) is 0 Å². The second-order valence-electron chi connectivity index (χ2n) is 10.1. The predicted octanol–water partition coefficient (Wildman–Crippen LogP) is 11.3. The first-order valence-electron chi connectivity index (χ1n) is 14.8. The van der Waals surface area contributed by atoms with Gasteiger partial charge in [-0.05, 0) is 12.8 Å². The van der Waals surface area contributed by atoms with Crippen molar-refractivity contribution in [2.45, 2.75) is 167 Å². The third-order valence-electron chi connectivity index (χ3n) is 6.84. The van der Waals surface area contributed by atoms with Crippen molar-refractivity contribution in [3.8, 4) is 0 Å². The largest absolute Gasteiger partial charge is 0.371 e. The van der Waals surface area contributed by atoms with Crippen molar-refractivity contribution in [1.82, 2.24) is 5.32 Å². The summed E-state index contributed by atoms with van der Waals surface area (Å²) < 4.78 is 0.629. The molecule has 33 heavy (non-hydrogen) atoms. The Hall–Kier alpha value is 0.720. The minimum Gasteiger partial charge on any atom is -0.371 e. The van der Waals surface area contributed by atoms with Gasteiger partial charge in [-0.25, -0.2) is 0 Å². The van der Waals surface area contributed by atoms with Crippen LogP contribution in [0, 0.1) is 0 Å². The lowest BCUT2D eigenvalue weighted by atomic mass is 10.0. The Labute approximate surface area is 228 Å². The number of rotatable bonds is 28. The van der Waals surface area contributed by atoms with Crippen LogP contribution in [-0.2, 0) is 0 Å². The molecule has 0 radical (unpaired) electrons. The van der Waals surface area contributed by atoms with Gasteiger partial charge in [-0.1, -0.05) is 182 Å². The third kappa shape index (κ3) is 32.7. The Morgan fingerprint density at radius 1 is 0.424 bits per heavy atom. The Bertz CT molecular complexity index is 379. The molecule has 0 aromatic carbocycles. The van der Waals surface area contributed by atoms with Gasteiger partial charge in [0, 0.05) is 11.9 Å². The van der Waals surface area contributed by atoms with Crippen LogP contribution in [0.3, 0.4) is 0 Å². The average molecular weight is 565 g/mol. The molecule has 0 aromatic rings. The first-order valence-corrected chi connectivity index (χ1v) is 16.8. The molecule has 198 valence electrons. The van der Waals surface area contributed by atoms with E-state index < -0.39 is 0 Å². The lowest BCUT2D eigenvalue weighted by molar-refractivity contribution is 0.515. The number of hydrogen-bond donors (Lipinski definition) is 2. The third-order valence-corrected chi connectivity index (χ3v) is 7.70. The summed E-state index contributed by atoms with van der Waals surface area (Å²) >= 11 is 12.5. The van der Waals surface area contributed by atoms with Crippen LogP contribution in [0.5, 0.6) is 0 Å². The molecule has 0 fully saturated rings. The maximum Gasteiger partial charge on any atom is 0.130 e. The van der Waals surface area contributed by atoms with E-state index in [1.807, 2.05) is 0 Å². The zero-order chi connectivity index (χ0) is 24.1. The molecule has 0 bridgehead atoms. The van der Waals surface area contributed by atoms with Gasteiger partial charge in [-0.2, -0.15) is 0 Å². The maximum atomic E-state index is 4.89. The van der Waals surface area contributed by atoms with E-state index in [1.165, 1.54) is 172 Å². The van der Waals surface area contributed by atoms with Gasteiger partial charge < -0.3 is 5.32 Å². The van der Waals surface area contributed by atoms with Gasteiger partial charge in [0.15, 0.2) is 0 Å². The number of halogens is 1. The van der Waals surface area contributed by atoms with E-state index >= 15 is 0 Å². The van der Waals surface area contributed by atoms with Crippen LogP contribution in [0.15, 0.2) is 0 Å². The first kappa shape index (κ1) is 33.7. The number of alkyl halides is 1. The number of nitrogens with one attached hydrogen (secondary N) is 1. The Morgan fingerprint density at radius 2 is 0.636 bits per heavy atom. The van der Waals surface area contributed by atoms with Crippen molar-refractivity contribution in [3.05, 3.63) is 0 Å². The fraction of sp³-hybridized carbons (Fsp3) is 0.966. The second-order valence-corrected chi connectivity index (χ2v) is 12.1. The highest BCUT2D eigenvalue weighted by atomic mass is 79.9. The zero-order valence-corrected chi connectivity index (χ0v) is 25.3. The molecule has 1 N–H and O–H groups in total. The van der Waals surface area contributed by atoms with E-state index in [1.54, 1.807) is 0 Å². The summed E-state index contributed by atoms with van der Waals surface area (Å²) in [5.41, 5.74) is 0. The SMILES string of the molecule is S=C(S)NCCCCCCCCCCCCCCCCCCCCCCCCCCCCBr. The smallest absolute Gasteiger partial charge is 0.130 e. The molecular weight excluding hydrogens is 506 g/mol. The highest BCUT2D eigenvalue weighted by Gasteiger charge is 1.96. The van der Waals surface area contributed by atoms with E-state index in [0.29, 0.717) is 4.32 Å². The van der Waals surface area contributed by atoms with Gasteiger partial charge in [0.05, 0.1) is 0 Å². The summed E-state index contributed by atoms with van der Waals surface area (Å²) in [5, 5.41) is 4.29. The number of hydrogen-bond acceptors (Lipinski definition) is 1. The zero-order valence-electron chi connectivity index (χ0n) is 22.0. The lowest BCUT2D eigenvalue weighted by Gasteiger charge is -2.05. The summed E-state index contributed by atoms with van der Waals surface area (Å²) in [6.45, 7) is 0.987. The normalized spacial score (nSPS) is 11.2. The molecule has 0 aliphatic heterocycles. The Balaban J connectivity index is 3.01. The molecule has 0 aromatic heterocycles. The molecule has 0 rings (SSSR count). The van der Waals surface area contributed by atoms with Crippen molar-refractivity contribution in [2.75, 3.05) is 11.9 Å². The summed E-state index contributed by atoms with van der Waals surface area (Å²) in [5.74, 6) is 0. The summed E-state index contributed by atoms with van der Waals surface area (Å²) in [6, 6.07) is 0. The van der Waals surface area contributed by atoms with Gasteiger partial charge in [0.25, 0.3) is 0 Å². The highest BCUT2D eigenvalue weighted by molar-refractivity contribution is 9.09. The molecule has 0 heterocycles. The standard InChI is InChI=1S/C29H58BrNS2/c30-27-25-23-21-19-17-15-13-11-9-7-5-3-1-2-4-6-8-10-12-14-16-18-20-22-24-26-28-31-29(32)33/h1-28H2,(H2,31,32,33). The molecule has 4 heteroatoms. The number of thiocarbonyl (C=S) groups is 1. The van der Waals surface area contributed by atoms with E-state index in [4.69, 9.17) is 12.2 Å². The molecule has 0 unspecified atom stereocenters. The number of thiol groups is 1. The van der Waals surface area contributed by atoms with Gasteiger partial charge in [-0.15, -0.1) is 12.6 Å². The Morgan fingerprint density at radius 3 is 0.848 bits per heavy atom. The van der Waals surface area contributed by atoms with Gasteiger partial charge in [0.2, 0.25) is 0 Å². The first-order chi connectivity index (χ1) is 16.3. The van der Waals surface area contributed by atoms with Crippen molar-refractivity contribution >= 4 is 45.1 Å². The fourth-order valence-electron chi connectivity index (χ4n) is 4.66. The molecule has 0 amide bonds. The minimum absolute atomic E-state index is 0.629. The van der Waals surface area contributed by atoms with Crippen molar-refractivity contribution in [2.24, 2.45) is 0 Å². The van der Waals surface area contributed by atoms with Crippen LogP contribution in [-0.4, -0.2) is 16.2 Å². The summed E-state index contributed by atoms with van der Waals surface area (Å²) in [4.78, 5) is 0. The predicted molar refractivity (Wildman–Crippen MR) is 163 cm³/mol. The van der Waals surface area contributed by atoms with Gasteiger partial charge in [-0.3, -0.25) is 0 Å². The monoisotopic (exact) mass is 563 g/mol. The highest BCUT2D eigenvalue weighted by Crippen LogP contribution is 2.16. The topological polar surface area (TPSA) is 12.0 Å². The van der Waals surface area contributed by atoms with E-state index in [-0.39, 0.29) is 0 Å². The van der Waals surface area contributed by atoms with Crippen LogP contribution >= 0.6 is 40.8 Å². The molecule has 0 saturated carbocycles. The van der Waals surface area contributed by atoms with Crippen LogP contribution < -0.4 is 5.32 Å². The van der Waals surface area contributed by atoms with Crippen LogP contribution in [0.2, 0.25) is 0 Å². The number of unbranched alkanes of at least 4 members (excludes halogenated alkanes) is 25. The second kappa shape index (κ2) is 30.8. The molecule has 0 spiro atoms. The molecule has 0 atom stereocenters. The van der Waals surface area contributed by atoms with Crippen LogP contribution in [0.25, 0.3) is 0 Å². The molecule has 0 saturated heterocycles. The lowest BCUT2D eigenvalue weighted by Crippen LogP contribution is -2.17. The van der Waals surface area contributed by atoms with Crippen molar-refractivity contribution < 1.29 is 0 Å². The van der Waals surface area contributed by atoms with E-state index in [0.717, 1.165) is 6.54 Å². The molecule has 0 aliphatic rings. The average Bonchev–Trinajstić information content (AvgIpc) is 2.80. The van der Waals surface area contributed by atoms with Gasteiger partial charge in [0.1, 0.15) is 4.32 Å². The minimum atomic E-state index is 0.629. The Kier molecular flexibility index (Phi) is 31.4. The molecule has 1 nitrogen and oxygen atoms in total. The quantitative estimate of drug-likeness (QED) is 0.0424. The molecular formula is C29H58BrNS2. The maximum absolute atomic E-state index is 4.89. The van der Waals surface area contributed by atoms with E-state index in [9.17, 15) is 0 Å². The molecule has 0 aliphatic carbocycles. The van der Waals surface area contributed by atoms with Crippen LogP contribution in [0.1, 0.15) is 167 Å². The fourth-order valence-corrected chi connectivity index (χ4v) is 5.27. The van der Waals surface area contributed by atoms with Crippen molar-refractivity contribution in [1.29, 1.82) is 0 Å². The van der Waals surface area contributed by atoms with Gasteiger partial charge >= 0.3 is 0 Å².